The molecule has 1 aromatic rings. The predicted octanol–water partition coefficient (Wildman–Crippen LogP) is 3.33. The molecule has 0 radical (unpaired) electrons. The lowest BCUT2D eigenvalue weighted by Crippen LogP contribution is -2.48. The average molecular weight is 531 g/mol. The monoisotopic (exact) mass is 531 g/mol. The zero-order valence-corrected chi connectivity index (χ0v) is 19.0. The summed E-state index contributed by atoms with van der Waals surface area (Å²) in [7, 11) is 3.32. The molecular formula is C19H29F3IN3O3. The van der Waals surface area contributed by atoms with Crippen molar-refractivity contribution in [3.63, 3.8) is 0 Å². The van der Waals surface area contributed by atoms with Crippen LogP contribution in [-0.2, 0) is 20.4 Å². The predicted molar refractivity (Wildman–Crippen MR) is 116 cm³/mol. The van der Waals surface area contributed by atoms with Gasteiger partial charge >= 0.3 is 6.18 Å². The first-order valence-corrected chi connectivity index (χ1v) is 9.26. The highest BCUT2D eigenvalue weighted by atomic mass is 127. The maximum Gasteiger partial charge on any atom is 0.416 e. The Balaban J connectivity index is 0.00000420. The second-order valence-electron chi connectivity index (χ2n) is 6.36. The van der Waals surface area contributed by atoms with Gasteiger partial charge in [-0.2, -0.15) is 13.2 Å². The van der Waals surface area contributed by atoms with Gasteiger partial charge in [0.1, 0.15) is 6.10 Å². The summed E-state index contributed by atoms with van der Waals surface area (Å²) in [4.78, 5) is 6.28. The summed E-state index contributed by atoms with van der Waals surface area (Å²) in [5.74, 6) is 0.706. The van der Waals surface area contributed by atoms with Gasteiger partial charge in [-0.15, -0.1) is 24.0 Å². The van der Waals surface area contributed by atoms with Gasteiger partial charge in [-0.1, -0.05) is 12.1 Å². The van der Waals surface area contributed by atoms with E-state index in [-0.39, 0.29) is 24.0 Å². The van der Waals surface area contributed by atoms with Gasteiger partial charge in [0, 0.05) is 33.9 Å². The minimum absolute atomic E-state index is 0. The molecule has 0 bridgehead atoms. The van der Waals surface area contributed by atoms with Crippen LogP contribution in [0.25, 0.3) is 0 Å². The first-order valence-electron chi connectivity index (χ1n) is 9.26. The molecule has 1 aliphatic rings. The summed E-state index contributed by atoms with van der Waals surface area (Å²) in [5.41, 5.74) is -0.150. The van der Waals surface area contributed by atoms with Gasteiger partial charge < -0.3 is 24.4 Å². The van der Waals surface area contributed by atoms with Crippen molar-refractivity contribution >= 4 is 29.9 Å². The number of benzene rings is 1. The molecule has 1 unspecified atom stereocenters. The molecule has 166 valence electrons. The van der Waals surface area contributed by atoms with E-state index in [4.69, 9.17) is 14.2 Å². The standard InChI is InChI=1S/C19H28F3N3O3.HI/c1-23-18(24-7-4-9-27-12-11-26-2)25-8-10-28-17(14-25)15-5-3-6-16(13-15)19(20,21)22;/h3,5-6,13,17H,4,7-12,14H2,1-2H3,(H,23,24);1H. The smallest absolute Gasteiger partial charge is 0.382 e. The molecule has 1 aromatic carbocycles. The molecule has 1 N–H and O–H groups in total. The molecule has 1 heterocycles. The SMILES string of the molecule is CN=C(NCCCOCCOC)N1CCOC(c2cccc(C(F)(F)F)c2)C1.I. The Bertz CT molecular complexity index is 632. The van der Waals surface area contributed by atoms with Gasteiger partial charge in [-0.3, -0.25) is 4.99 Å². The Hall–Kier alpha value is -1.11. The van der Waals surface area contributed by atoms with E-state index in [1.165, 1.54) is 6.07 Å². The first kappa shape index (κ1) is 25.9. The Kier molecular flexibility index (Phi) is 11.8. The third-order valence-electron chi connectivity index (χ3n) is 4.34. The topological polar surface area (TPSA) is 55.3 Å². The van der Waals surface area contributed by atoms with Gasteiger partial charge in [0.25, 0.3) is 0 Å². The maximum absolute atomic E-state index is 13.0. The molecule has 0 aliphatic carbocycles. The number of ether oxygens (including phenoxy) is 3. The molecule has 1 saturated heterocycles. The molecule has 1 aliphatic heterocycles. The van der Waals surface area contributed by atoms with Crippen molar-refractivity contribution in [2.24, 2.45) is 4.99 Å². The molecule has 0 saturated carbocycles. The number of guanidine groups is 1. The zero-order chi connectivity index (χ0) is 20.4. The molecule has 2 rings (SSSR count). The number of nitrogens with zero attached hydrogens (tertiary/aromatic N) is 2. The summed E-state index contributed by atoms with van der Waals surface area (Å²) in [6.45, 7) is 3.91. The lowest BCUT2D eigenvalue weighted by molar-refractivity contribution is -0.137. The van der Waals surface area contributed by atoms with Crippen molar-refractivity contribution in [3.05, 3.63) is 35.4 Å². The van der Waals surface area contributed by atoms with E-state index in [1.807, 2.05) is 4.90 Å². The van der Waals surface area contributed by atoms with Crippen LogP contribution in [0.1, 0.15) is 23.7 Å². The van der Waals surface area contributed by atoms with Crippen molar-refractivity contribution in [3.8, 4) is 0 Å². The third kappa shape index (κ3) is 8.65. The van der Waals surface area contributed by atoms with Crippen LogP contribution in [0.15, 0.2) is 29.3 Å². The van der Waals surface area contributed by atoms with Gasteiger partial charge in [0.05, 0.1) is 31.9 Å². The summed E-state index contributed by atoms with van der Waals surface area (Å²) in [6.07, 6.45) is -4.00. The van der Waals surface area contributed by atoms with Crippen LogP contribution < -0.4 is 5.32 Å². The quantitative estimate of drug-likeness (QED) is 0.242. The molecule has 10 heteroatoms. The Morgan fingerprint density at radius 1 is 1.31 bits per heavy atom. The normalized spacial score (nSPS) is 17.8. The molecule has 6 nitrogen and oxygen atoms in total. The number of hydrogen-bond acceptors (Lipinski definition) is 4. The number of aliphatic imine (C=N–C) groups is 1. The fraction of sp³-hybridized carbons (Fsp3) is 0.632. The summed E-state index contributed by atoms with van der Waals surface area (Å²) >= 11 is 0. The maximum atomic E-state index is 13.0. The minimum atomic E-state index is -4.37. The zero-order valence-electron chi connectivity index (χ0n) is 16.7. The van der Waals surface area contributed by atoms with E-state index < -0.39 is 17.8 Å². The van der Waals surface area contributed by atoms with E-state index in [1.54, 1.807) is 20.2 Å². The van der Waals surface area contributed by atoms with Crippen molar-refractivity contribution < 1.29 is 27.4 Å². The molecule has 0 aromatic heterocycles. The van der Waals surface area contributed by atoms with E-state index in [0.717, 1.165) is 18.6 Å². The second-order valence-corrected chi connectivity index (χ2v) is 6.36. The van der Waals surface area contributed by atoms with Gasteiger partial charge in [0.15, 0.2) is 5.96 Å². The van der Waals surface area contributed by atoms with Crippen molar-refractivity contribution in [1.29, 1.82) is 0 Å². The third-order valence-corrected chi connectivity index (χ3v) is 4.34. The summed E-state index contributed by atoms with van der Waals surface area (Å²) in [6, 6.07) is 5.30. The van der Waals surface area contributed by atoms with Crippen molar-refractivity contribution in [2.75, 3.05) is 60.2 Å². The van der Waals surface area contributed by atoms with Gasteiger partial charge in [-0.05, 0) is 24.1 Å². The summed E-state index contributed by atoms with van der Waals surface area (Å²) in [5, 5.41) is 3.27. The van der Waals surface area contributed by atoms with Gasteiger partial charge in [0.2, 0.25) is 0 Å². The van der Waals surface area contributed by atoms with E-state index in [9.17, 15) is 13.2 Å². The minimum Gasteiger partial charge on any atom is -0.382 e. The highest BCUT2D eigenvalue weighted by Crippen LogP contribution is 2.32. The fourth-order valence-corrected chi connectivity index (χ4v) is 2.91. The van der Waals surface area contributed by atoms with Crippen LogP contribution in [0.5, 0.6) is 0 Å². The van der Waals surface area contributed by atoms with E-state index >= 15 is 0 Å². The van der Waals surface area contributed by atoms with Crippen LogP contribution in [0.2, 0.25) is 0 Å². The lowest BCUT2D eigenvalue weighted by Gasteiger charge is -2.35. The summed E-state index contributed by atoms with van der Waals surface area (Å²) < 4.78 is 55.0. The molecule has 1 fully saturated rings. The average Bonchev–Trinajstić information content (AvgIpc) is 2.70. The Morgan fingerprint density at radius 2 is 2.10 bits per heavy atom. The van der Waals surface area contributed by atoms with Crippen LogP contribution in [0.3, 0.4) is 0 Å². The molecule has 29 heavy (non-hydrogen) atoms. The Labute approximate surface area is 186 Å². The van der Waals surface area contributed by atoms with Crippen molar-refractivity contribution in [2.45, 2.75) is 18.7 Å². The Morgan fingerprint density at radius 3 is 2.79 bits per heavy atom. The van der Waals surface area contributed by atoms with E-state index in [0.29, 0.717) is 57.6 Å². The molecule has 0 amide bonds. The largest absolute Gasteiger partial charge is 0.416 e. The molecular weight excluding hydrogens is 502 g/mol. The van der Waals surface area contributed by atoms with Gasteiger partial charge in [-0.25, -0.2) is 0 Å². The number of methoxy groups -OCH3 is 1. The number of hydrogen-bond donors (Lipinski definition) is 1. The number of alkyl halides is 3. The highest BCUT2D eigenvalue weighted by molar-refractivity contribution is 14.0. The van der Waals surface area contributed by atoms with Crippen LogP contribution in [-0.4, -0.2) is 71.1 Å². The lowest BCUT2D eigenvalue weighted by atomic mass is 10.0. The number of halogens is 4. The molecule has 0 spiro atoms. The molecule has 1 atom stereocenters. The second kappa shape index (κ2) is 13.2. The van der Waals surface area contributed by atoms with Crippen LogP contribution in [0, 0.1) is 0 Å². The first-order chi connectivity index (χ1) is 13.5. The van der Waals surface area contributed by atoms with Crippen LogP contribution in [0.4, 0.5) is 13.2 Å². The highest BCUT2D eigenvalue weighted by Gasteiger charge is 2.32. The van der Waals surface area contributed by atoms with E-state index in [2.05, 4.69) is 10.3 Å². The number of rotatable bonds is 8. The fourth-order valence-electron chi connectivity index (χ4n) is 2.91. The van der Waals surface area contributed by atoms with Crippen molar-refractivity contribution in [1.82, 2.24) is 10.2 Å². The number of morpholine rings is 1. The van der Waals surface area contributed by atoms with Crippen LogP contribution >= 0.6 is 24.0 Å². The number of nitrogens with one attached hydrogen (secondary N) is 1.